The maximum atomic E-state index is 9.92. The lowest BCUT2D eigenvalue weighted by molar-refractivity contribution is 0.121. The Balaban J connectivity index is 0.00000289. The second kappa shape index (κ2) is 7.46. The van der Waals surface area contributed by atoms with E-state index < -0.39 is 12.1 Å². The highest BCUT2D eigenvalue weighted by Gasteiger charge is 2.19. The van der Waals surface area contributed by atoms with E-state index in [1.165, 1.54) is 13.2 Å². The average molecular weight is 276 g/mol. The van der Waals surface area contributed by atoms with Gasteiger partial charge in [-0.05, 0) is 30.0 Å². The Morgan fingerprint density at radius 2 is 1.94 bits per heavy atom. The fraction of sp³-hybridized carbons (Fsp3) is 0.538. The van der Waals surface area contributed by atoms with Crippen molar-refractivity contribution in [2.24, 2.45) is 11.7 Å². The highest BCUT2D eigenvalue weighted by Crippen LogP contribution is 2.30. The lowest BCUT2D eigenvalue weighted by Crippen LogP contribution is -2.27. The van der Waals surface area contributed by atoms with Crippen molar-refractivity contribution in [3.8, 4) is 11.5 Å². The molecule has 5 heteroatoms. The summed E-state index contributed by atoms with van der Waals surface area (Å²) in [5.74, 6) is 0.819. The molecule has 0 amide bonds. The molecule has 4 N–H and O–H groups in total. The number of hydrogen-bond donors (Lipinski definition) is 3. The molecule has 2 atom stereocenters. The van der Waals surface area contributed by atoms with Gasteiger partial charge in [0.1, 0.15) is 0 Å². The first-order valence-electron chi connectivity index (χ1n) is 5.76. The number of phenols is 1. The molecule has 4 nitrogen and oxygen atoms in total. The fourth-order valence-corrected chi connectivity index (χ4v) is 1.77. The highest BCUT2D eigenvalue weighted by atomic mass is 35.5. The van der Waals surface area contributed by atoms with Crippen LogP contribution in [0.25, 0.3) is 0 Å². The zero-order valence-electron chi connectivity index (χ0n) is 11.0. The first-order chi connectivity index (χ1) is 7.95. The molecule has 1 aromatic carbocycles. The van der Waals surface area contributed by atoms with Gasteiger partial charge in [0.15, 0.2) is 11.5 Å². The summed E-state index contributed by atoms with van der Waals surface area (Å²) in [5.41, 5.74) is 6.65. The molecule has 0 saturated heterocycles. The van der Waals surface area contributed by atoms with Crippen LogP contribution in [0, 0.1) is 5.92 Å². The van der Waals surface area contributed by atoms with Gasteiger partial charge < -0.3 is 20.7 Å². The van der Waals surface area contributed by atoms with Gasteiger partial charge in [0, 0.05) is 0 Å². The Morgan fingerprint density at radius 1 is 1.33 bits per heavy atom. The molecule has 104 valence electrons. The number of rotatable bonds is 5. The number of nitrogens with two attached hydrogens (primary N) is 1. The predicted molar refractivity (Wildman–Crippen MR) is 74.3 cm³/mol. The molecule has 0 spiro atoms. The van der Waals surface area contributed by atoms with Gasteiger partial charge in [-0.3, -0.25) is 0 Å². The average Bonchev–Trinajstić information content (AvgIpc) is 2.27. The normalized spacial score (nSPS) is 13.9. The second-order valence-corrected chi connectivity index (χ2v) is 4.65. The number of hydrogen-bond acceptors (Lipinski definition) is 4. The fourth-order valence-electron chi connectivity index (χ4n) is 1.77. The van der Waals surface area contributed by atoms with Crippen LogP contribution in [-0.2, 0) is 0 Å². The topological polar surface area (TPSA) is 75.7 Å². The van der Waals surface area contributed by atoms with Crippen LogP contribution in [0.15, 0.2) is 18.2 Å². The van der Waals surface area contributed by atoms with E-state index in [0.717, 1.165) is 0 Å². The van der Waals surface area contributed by atoms with E-state index in [4.69, 9.17) is 10.5 Å². The van der Waals surface area contributed by atoms with Gasteiger partial charge in [-0.15, -0.1) is 12.4 Å². The molecular formula is C13H22ClNO3. The van der Waals surface area contributed by atoms with Crippen molar-refractivity contribution in [1.82, 2.24) is 0 Å². The smallest absolute Gasteiger partial charge is 0.160 e. The third kappa shape index (κ3) is 4.37. The Hall–Kier alpha value is -0.970. The molecule has 0 saturated carbocycles. The van der Waals surface area contributed by atoms with Gasteiger partial charge in [-0.2, -0.15) is 0 Å². The van der Waals surface area contributed by atoms with Crippen LogP contribution in [0.3, 0.4) is 0 Å². The van der Waals surface area contributed by atoms with Gasteiger partial charge in [0.2, 0.25) is 0 Å². The van der Waals surface area contributed by atoms with Crippen LogP contribution in [0.1, 0.15) is 31.9 Å². The minimum Gasteiger partial charge on any atom is -0.504 e. The van der Waals surface area contributed by atoms with Crippen molar-refractivity contribution >= 4 is 12.4 Å². The van der Waals surface area contributed by atoms with Crippen molar-refractivity contribution < 1.29 is 14.9 Å². The zero-order valence-corrected chi connectivity index (χ0v) is 11.8. The number of benzene rings is 1. The molecule has 0 aliphatic heterocycles. The number of aliphatic hydroxyl groups is 1. The number of aromatic hydroxyl groups is 1. The molecule has 0 radical (unpaired) electrons. The lowest BCUT2D eigenvalue weighted by Gasteiger charge is -2.21. The van der Waals surface area contributed by atoms with Crippen LogP contribution in [0.4, 0.5) is 0 Å². The minimum absolute atomic E-state index is 0. The Kier molecular flexibility index (Phi) is 7.06. The molecule has 1 rings (SSSR count). The van der Waals surface area contributed by atoms with E-state index in [1.807, 2.05) is 13.8 Å². The summed E-state index contributed by atoms with van der Waals surface area (Å²) in [6, 6.07) is 4.45. The van der Waals surface area contributed by atoms with Crippen molar-refractivity contribution in [2.45, 2.75) is 32.4 Å². The molecule has 0 aliphatic carbocycles. The van der Waals surface area contributed by atoms with Crippen LogP contribution >= 0.6 is 12.4 Å². The summed E-state index contributed by atoms with van der Waals surface area (Å²) in [7, 11) is 1.49. The first-order valence-corrected chi connectivity index (χ1v) is 5.76. The largest absolute Gasteiger partial charge is 0.504 e. The van der Waals surface area contributed by atoms with Crippen molar-refractivity contribution in [2.75, 3.05) is 7.11 Å². The van der Waals surface area contributed by atoms with E-state index in [2.05, 4.69) is 0 Å². The van der Waals surface area contributed by atoms with Gasteiger partial charge in [0.25, 0.3) is 0 Å². The quantitative estimate of drug-likeness (QED) is 0.770. The molecular weight excluding hydrogens is 254 g/mol. The number of halogens is 1. The molecule has 1 aromatic rings. The van der Waals surface area contributed by atoms with Gasteiger partial charge in [-0.1, -0.05) is 19.9 Å². The molecule has 18 heavy (non-hydrogen) atoms. The summed E-state index contributed by atoms with van der Waals surface area (Å²) in [5, 5.41) is 19.6. The minimum atomic E-state index is -0.609. The van der Waals surface area contributed by atoms with Crippen molar-refractivity contribution in [3.63, 3.8) is 0 Å². The summed E-state index contributed by atoms with van der Waals surface area (Å²) >= 11 is 0. The number of ether oxygens (including phenoxy) is 1. The first kappa shape index (κ1) is 17.0. The molecule has 0 aromatic heterocycles. The molecule has 0 fully saturated rings. The van der Waals surface area contributed by atoms with E-state index in [1.54, 1.807) is 12.1 Å². The molecule has 0 aliphatic rings. The predicted octanol–water partition coefficient (Wildman–Crippen LogP) is 2.23. The number of aliphatic hydroxyl groups excluding tert-OH is 1. The van der Waals surface area contributed by atoms with E-state index >= 15 is 0 Å². The van der Waals surface area contributed by atoms with Crippen LogP contribution < -0.4 is 10.5 Å². The Labute approximate surface area is 114 Å². The van der Waals surface area contributed by atoms with Gasteiger partial charge >= 0.3 is 0 Å². The molecule has 0 unspecified atom stereocenters. The molecule has 0 heterocycles. The monoisotopic (exact) mass is 275 g/mol. The number of methoxy groups -OCH3 is 1. The summed E-state index contributed by atoms with van der Waals surface area (Å²) in [4.78, 5) is 0. The Bertz CT molecular complexity index is 371. The zero-order chi connectivity index (χ0) is 13.0. The third-order valence-electron chi connectivity index (χ3n) is 2.72. The van der Waals surface area contributed by atoms with Gasteiger partial charge in [-0.25, -0.2) is 0 Å². The van der Waals surface area contributed by atoms with E-state index in [-0.39, 0.29) is 18.2 Å². The summed E-state index contributed by atoms with van der Waals surface area (Å²) in [6.45, 7) is 4.06. The van der Waals surface area contributed by atoms with Crippen molar-refractivity contribution in [3.05, 3.63) is 23.8 Å². The van der Waals surface area contributed by atoms with E-state index in [0.29, 0.717) is 23.7 Å². The summed E-state index contributed by atoms with van der Waals surface area (Å²) in [6.07, 6.45) is 0.0244. The SMILES string of the molecule is COc1ccc([C@H](N)[C@H](O)CC(C)C)cc1O.Cl. The number of phenolic OH excluding ortho intramolecular Hbond substituents is 1. The van der Waals surface area contributed by atoms with Crippen LogP contribution in [0.2, 0.25) is 0 Å². The van der Waals surface area contributed by atoms with Crippen molar-refractivity contribution in [1.29, 1.82) is 0 Å². The van der Waals surface area contributed by atoms with Crippen LogP contribution in [0.5, 0.6) is 11.5 Å². The third-order valence-corrected chi connectivity index (χ3v) is 2.72. The molecule has 0 bridgehead atoms. The summed E-state index contributed by atoms with van der Waals surface area (Å²) < 4.78 is 4.95. The maximum absolute atomic E-state index is 9.92. The Morgan fingerprint density at radius 3 is 2.39 bits per heavy atom. The second-order valence-electron chi connectivity index (χ2n) is 4.65. The van der Waals surface area contributed by atoms with Gasteiger partial charge in [0.05, 0.1) is 19.3 Å². The maximum Gasteiger partial charge on any atom is 0.160 e. The lowest BCUT2D eigenvalue weighted by atomic mass is 9.95. The van der Waals surface area contributed by atoms with Crippen LogP contribution in [-0.4, -0.2) is 23.4 Å². The highest BCUT2D eigenvalue weighted by molar-refractivity contribution is 5.85. The van der Waals surface area contributed by atoms with E-state index in [9.17, 15) is 10.2 Å². The standard InChI is InChI=1S/C13H21NO3.ClH/c1-8(2)6-11(16)13(14)9-4-5-12(17-3)10(15)7-9;/h4-5,7-8,11,13,15-16H,6,14H2,1-3H3;1H/t11-,13+;/m1./s1.